The quantitative estimate of drug-likeness (QED) is 0.316. The Kier molecular flexibility index (Phi) is 3.34. The van der Waals surface area contributed by atoms with Gasteiger partial charge in [-0.05, 0) is 58.7 Å². The zero-order valence-corrected chi connectivity index (χ0v) is 20.0. The van der Waals surface area contributed by atoms with E-state index in [1.54, 1.807) is 0 Å². The predicted octanol–water partition coefficient (Wildman–Crippen LogP) is 6.90. The van der Waals surface area contributed by atoms with Crippen LogP contribution in [-0.2, 0) is 0 Å². The standard InChI is InChI=1S/C30H28N4/c1-17(2)20-15-25-27-26(16-20)34-24-14-19-10-6-5-9-18(19)13-23(24)32(4)30(34)28(27)29-31(3)21-11-7-8-12-22(21)33(25)29/h5-17,28-30H,1-4H3. The first-order chi connectivity index (χ1) is 16.5. The molecule has 0 spiro atoms. The van der Waals surface area contributed by atoms with Gasteiger partial charge >= 0.3 is 0 Å². The Morgan fingerprint density at radius 1 is 0.588 bits per heavy atom. The minimum absolute atomic E-state index is 0.273. The van der Waals surface area contributed by atoms with Gasteiger partial charge in [0, 0.05) is 31.0 Å². The van der Waals surface area contributed by atoms with E-state index in [1.807, 2.05) is 0 Å². The van der Waals surface area contributed by atoms with Crippen molar-refractivity contribution in [3.05, 3.63) is 83.9 Å². The minimum Gasteiger partial charge on any atom is -0.352 e. The Bertz CT molecular complexity index is 1520. The molecule has 0 saturated heterocycles. The van der Waals surface area contributed by atoms with Crippen molar-refractivity contribution in [2.24, 2.45) is 0 Å². The van der Waals surface area contributed by atoms with Crippen molar-refractivity contribution in [3.63, 3.8) is 0 Å². The summed E-state index contributed by atoms with van der Waals surface area (Å²) < 4.78 is 0. The zero-order chi connectivity index (χ0) is 22.9. The Labute approximate surface area is 200 Å². The molecule has 4 aliphatic heterocycles. The van der Waals surface area contributed by atoms with Gasteiger partial charge < -0.3 is 19.6 Å². The van der Waals surface area contributed by atoms with Crippen LogP contribution in [0.5, 0.6) is 0 Å². The lowest BCUT2D eigenvalue weighted by molar-refractivity contribution is 0.493. The topological polar surface area (TPSA) is 13.0 Å². The van der Waals surface area contributed by atoms with E-state index < -0.39 is 0 Å². The lowest BCUT2D eigenvalue weighted by Gasteiger charge is -2.36. The number of hydrogen-bond donors (Lipinski definition) is 0. The number of fused-ring (bicyclic) bond motifs is 11. The molecule has 8 rings (SSSR count). The van der Waals surface area contributed by atoms with Crippen LogP contribution in [-0.4, -0.2) is 26.4 Å². The second-order valence-corrected chi connectivity index (χ2v) is 10.6. The average Bonchev–Trinajstić information content (AvgIpc) is 3.53. The Morgan fingerprint density at radius 2 is 1.12 bits per heavy atom. The molecule has 0 N–H and O–H groups in total. The van der Waals surface area contributed by atoms with Crippen molar-refractivity contribution in [1.82, 2.24) is 0 Å². The summed E-state index contributed by atoms with van der Waals surface area (Å²) in [4.78, 5) is 10.3. The molecule has 4 aliphatic rings. The number of anilines is 6. The molecule has 0 aromatic heterocycles. The molecule has 4 heteroatoms. The van der Waals surface area contributed by atoms with Gasteiger partial charge in [-0.2, -0.15) is 0 Å². The van der Waals surface area contributed by atoms with Crippen LogP contribution in [0.1, 0.15) is 36.8 Å². The molecule has 3 unspecified atom stereocenters. The van der Waals surface area contributed by atoms with Crippen molar-refractivity contribution in [2.75, 3.05) is 33.7 Å². The highest BCUT2D eigenvalue weighted by Crippen LogP contribution is 2.65. The maximum absolute atomic E-state index is 2.64. The maximum atomic E-state index is 2.64. The minimum atomic E-state index is 0.273. The van der Waals surface area contributed by atoms with Gasteiger partial charge in [0.25, 0.3) is 0 Å². The van der Waals surface area contributed by atoms with Crippen molar-refractivity contribution >= 4 is 44.9 Å². The SMILES string of the molecule is CC(C)c1cc2c3c(c1)N1c4cc5ccccc5cc4N(C)C1C3C1N(C)c3ccccc3N21. The number of likely N-dealkylation sites (N-methyl/N-ethyl adjacent to an activating group) is 2. The lowest BCUT2D eigenvalue weighted by atomic mass is 9.94. The van der Waals surface area contributed by atoms with Gasteiger partial charge in [-0.25, -0.2) is 0 Å². The van der Waals surface area contributed by atoms with E-state index in [4.69, 9.17) is 0 Å². The van der Waals surface area contributed by atoms with Crippen LogP contribution in [0.3, 0.4) is 0 Å². The molecule has 0 amide bonds. The molecule has 0 fully saturated rings. The number of benzene rings is 4. The monoisotopic (exact) mass is 444 g/mol. The molecule has 168 valence electrons. The fourth-order valence-electron chi connectivity index (χ4n) is 7.09. The van der Waals surface area contributed by atoms with Crippen LogP contribution < -0.4 is 19.6 Å². The fraction of sp³-hybridized carbons (Fsp3) is 0.267. The van der Waals surface area contributed by atoms with Crippen LogP contribution in [0.4, 0.5) is 34.1 Å². The molecule has 34 heavy (non-hydrogen) atoms. The highest BCUT2D eigenvalue weighted by molar-refractivity contribution is 6.01. The third kappa shape index (κ3) is 2.02. The molecule has 4 heterocycles. The van der Waals surface area contributed by atoms with E-state index in [2.05, 4.69) is 120 Å². The molecule has 3 atom stereocenters. The van der Waals surface area contributed by atoms with Gasteiger partial charge in [0.2, 0.25) is 0 Å². The highest BCUT2D eigenvalue weighted by Gasteiger charge is 2.59. The summed E-state index contributed by atoms with van der Waals surface area (Å²) in [7, 11) is 4.56. The fourth-order valence-corrected chi connectivity index (χ4v) is 7.09. The molecule has 0 aliphatic carbocycles. The Hall–Kier alpha value is -3.66. The molecule has 4 aromatic carbocycles. The molecular weight excluding hydrogens is 416 g/mol. The van der Waals surface area contributed by atoms with Gasteiger partial charge in [0.05, 0.1) is 28.7 Å². The zero-order valence-electron chi connectivity index (χ0n) is 20.0. The van der Waals surface area contributed by atoms with E-state index in [0.29, 0.717) is 11.8 Å². The van der Waals surface area contributed by atoms with Gasteiger partial charge in [-0.15, -0.1) is 0 Å². The first-order valence-corrected chi connectivity index (χ1v) is 12.4. The second-order valence-electron chi connectivity index (χ2n) is 10.6. The molecule has 0 saturated carbocycles. The summed E-state index contributed by atoms with van der Waals surface area (Å²) >= 11 is 0. The third-order valence-electron chi connectivity index (χ3n) is 8.65. The molecule has 0 radical (unpaired) electrons. The summed E-state index contributed by atoms with van der Waals surface area (Å²) in [5.74, 6) is 0.856. The molecular formula is C30H28N4. The molecule has 4 nitrogen and oxygen atoms in total. The van der Waals surface area contributed by atoms with Crippen LogP contribution >= 0.6 is 0 Å². The number of rotatable bonds is 1. The summed E-state index contributed by atoms with van der Waals surface area (Å²) in [5.41, 5.74) is 11.1. The summed E-state index contributed by atoms with van der Waals surface area (Å²) in [6.45, 7) is 4.62. The van der Waals surface area contributed by atoms with Crippen LogP contribution in [0.15, 0.2) is 72.8 Å². The van der Waals surface area contributed by atoms with Gasteiger partial charge in [0.1, 0.15) is 12.3 Å². The van der Waals surface area contributed by atoms with Crippen LogP contribution in [0.25, 0.3) is 10.8 Å². The van der Waals surface area contributed by atoms with Crippen molar-refractivity contribution in [2.45, 2.75) is 38.0 Å². The summed E-state index contributed by atoms with van der Waals surface area (Å²) in [6.07, 6.45) is 0.560. The third-order valence-corrected chi connectivity index (χ3v) is 8.65. The smallest absolute Gasteiger partial charge is 0.117 e. The van der Waals surface area contributed by atoms with Crippen LogP contribution in [0, 0.1) is 0 Å². The van der Waals surface area contributed by atoms with E-state index in [0.717, 1.165) is 0 Å². The highest BCUT2D eigenvalue weighted by atomic mass is 15.5. The van der Waals surface area contributed by atoms with Crippen molar-refractivity contribution in [1.29, 1.82) is 0 Å². The van der Waals surface area contributed by atoms with E-state index in [9.17, 15) is 0 Å². The lowest BCUT2D eigenvalue weighted by Crippen LogP contribution is -2.49. The number of nitrogens with zero attached hydrogens (tertiary/aromatic N) is 4. The number of para-hydroxylation sites is 2. The predicted molar refractivity (Wildman–Crippen MR) is 142 cm³/mol. The molecule has 0 bridgehead atoms. The number of hydrogen-bond acceptors (Lipinski definition) is 4. The van der Waals surface area contributed by atoms with Crippen molar-refractivity contribution < 1.29 is 0 Å². The Balaban J connectivity index is 1.42. The Morgan fingerprint density at radius 3 is 1.76 bits per heavy atom. The van der Waals surface area contributed by atoms with Gasteiger partial charge in [-0.1, -0.05) is 50.2 Å². The first kappa shape index (κ1) is 18.7. The summed E-state index contributed by atoms with van der Waals surface area (Å²) in [6, 6.07) is 27.4. The van der Waals surface area contributed by atoms with E-state index in [-0.39, 0.29) is 12.3 Å². The van der Waals surface area contributed by atoms with Crippen LogP contribution in [0.2, 0.25) is 0 Å². The first-order valence-electron chi connectivity index (χ1n) is 12.4. The van der Waals surface area contributed by atoms with E-state index >= 15 is 0 Å². The van der Waals surface area contributed by atoms with Gasteiger partial charge in [0.15, 0.2) is 0 Å². The van der Waals surface area contributed by atoms with E-state index in [1.165, 1.54) is 56.0 Å². The normalized spacial score (nSPS) is 23.0. The molecule has 4 aromatic rings. The van der Waals surface area contributed by atoms with Crippen molar-refractivity contribution in [3.8, 4) is 0 Å². The largest absolute Gasteiger partial charge is 0.352 e. The maximum Gasteiger partial charge on any atom is 0.117 e. The second kappa shape index (κ2) is 6.06. The average molecular weight is 445 g/mol. The van der Waals surface area contributed by atoms with Gasteiger partial charge in [-0.3, -0.25) is 0 Å². The summed E-state index contributed by atoms with van der Waals surface area (Å²) in [5, 5.41) is 2.62.